The minimum Gasteiger partial charge on any atom is -0.489 e. The van der Waals surface area contributed by atoms with Gasteiger partial charge >= 0.3 is 0 Å². The lowest BCUT2D eigenvalue weighted by Gasteiger charge is -2.36. The number of hydrogen-bond donors (Lipinski definition) is 2. The quantitative estimate of drug-likeness (QED) is 0.128. The van der Waals surface area contributed by atoms with Crippen molar-refractivity contribution in [3.8, 4) is 28.7 Å². The summed E-state index contributed by atoms with van der Waals surface area (Å²) in [6.45, 7) is 1.26. The smallest absolute Gasteiger partial charge is 0.162 e. The minimum atomic E-state index is -1.31. The average Bonchev–Trinajstić information content (AvgIpc) is 3.17. The summed E-state index contributed by atoms with van der Waals surface area (Å²) < 4.78 is 31.4. The van der Waals surface area contributed by atoms with Crippen molar-refractivity contribution >= 4 is 0 Å². The molecule has 6 aromatic rings. The van der Waals surface area contributed by atoms with Crippen LogP contribution in [0, 0.1) is 0 Å². The molecular weight excluding hydrogens is 628 g/mol. The lowest BCUT2D eigenvalue weighted by molar-refractivity contribution is -0.0714. The van der Waals surface area contributed by atoms with Gasteiger partial charge in [0.25, 0.3) is 0 Å². The van der Waals surface area contributed by atoms with Crippen molar-refractivity contribution in [2.75, 3.05) is 0 Å². The molecule has 0 amide bonds. The Kier molecular flexibility index (Phi) is 10.2. The zero-order chi connectivity index (χ0) is 34.1. The lowest BCUT2D eigenvalue weighted by Crippen LogP contribution is -2.34. The van der Waals surface area contributed by atoms with E-state index < -0.39 is 18.3 Å². The Morgan fingerprint density at radius 1 is 0.460 bits per heavy atom. The van der Waals surface area contributed by atoms with Gasteiger partial charge in [0.1, 0.15) is 55.9 Å². The molecule has 0 saturated carbocycles. The van der Waals surface area contributed by atoms with E-state index in [-0.39, 0.29) is 6.61 Å². The van der Waals surface area contributed by atoms with Crippen molar-refractivity contribution in [2.45, 2.75) is 44.7 Å². The first kappa shape index (κ1) is 32.8. The second kappa shape index (κ2) is 15.6. The van der Waals surface area contributed by atoms with Crippen LogP contribution in [0.1, 0.15) is 45.6 Å². The van der Waals surface area contributed by atoms with Gasteiger partial charge in [-0.15, -0.1) is 0 Å². The van der Waals surface area contributed by atoms with Gasteiger partial charge in [-0.3, -0.25) is 0 Å². The molecule has 2 N–H and O–H groups in total. The Labute approximate surface area is 291 Å². The molecule has 0 aromatic heterocycles. The Bertz CT molecular complexity index is 1970. The van der Waals surface area contributed by atoms with Crippen LogP contribution in [0.5, 0.6) is 28.7 Å². The molecule has 1 heterocycles. The third-order valence-corrected chi connectivity index (χ3v) is 8.52. The fourth-order valence-corrected chi connectivity index (χ4v) is 5.86. The summed E-state index contributed by atoms with van der Waals surface area (Å²) in [5, 5.41) is 23.2. The zero-order valence-corrected chi connectivity index (χ0v) is 27.4. The molecule has 0 fully saturated rings. The number of rotatable bonds is 13. The minimum absolute atomic E-state index is 0.258. The van der Waals surface area contributed by atoms with Crippen LogP contribution in [0.3, 0.4) is 0 Å². The van der Waals surface area contributed by atoms with E-state index in [1.807, 2.05) is 133 Å². The number of benzene rings is 6. The van der Waals surface area contributed by atoms with E-state index in [0.717, 1.165) is 22.3 Å². The molecular formula is C43H38O7. The predicted molar refractivity (Wildman–Crippen MR) is 190 cm³/mol. The SMILES string of the molecule is OC1c2c(OCc3ccccc3)cc(OCc3ccccc3)cc2OC(c2ccc(OCc3ccccc3)c(OCc3ccccc3)c2)C1O. The van der Waals surface area contributed by atoms with Crippen LogP contribution in [0.2, 0.25) is 0 Å². The maximum absolute atomic E-state index is 11.6. The summed E-state index contributed by atoms with van der Waals surface area (Å²) in [6.07, 6.45) is -3.54. The number of fused-ring (bicyclic) bond motifs is 1. The second-order valence-electron chi connectivity index (χ2n) is 12.1. The fourth-order valence-electron chi connectivity index (χ4n) is 5.86. The van der Waals surface area contributed by atoms with Gasteiger partial charge in [-0.25, -0.2) is 0 Å². The topological polar surface area (TPSA) is 86.6 Å². The van der Waals surface area contributed by atoms with Crippen molar-refractivity contribution in [1.29, 1.82) is 0 Å². The maximum Gasteiger partial charge on any atom is 0.162 e. The summed E-state index contributed by atoms with van der Waals surface area (Å²) in [5.41, 5.74) is 4.95. The highest BCUT2D eigenvalue weighted by Gasteiger charge is 2.40. The molecule has 0 bridgehead atoms. The predicted octanol–water partition coefficient (Wildman–Crippen LogP) is 8.53. The fraction of sp³-hybridized carbons (Fsp3) is 0.163. The second-order valence-corrected chi connectivity index (χ2v) is 12.1. The molecule has 7 rings (SSSR count). The van der Waals surface area contributed by atoms with Crippen molar-refractivity contribution in [1.82, 2.24) is 0 Å². The van der Waals surface area contributed by atoms with E-state index in [2.05, 4.69) is 0 Å². The molecule has 7 nitrogen and oxygen atoms in total. The first-order valence-corrected chi connectivity index (χ1v) is 16.6. The van der Waals surface area contributed by atoms with E-state index in [9.17, 15) is 10.2 Å². The molecule has 6 aromatic carbocycles. The molecule has 3 unspecified atom stereocenters. The first-order chi connectivity index (χ1) is 24.6. The average molecular weight is 667 g/mol. The third kappa shape index (κ3) is 7.92. The van der Waals surface area contributed by atoms with Gasteiger partial charge in [0.05, 0.1) is 5.56 Å². The van der Waals surface area contributed by atoms with E-state index >= 15 is 0 Å². The summed E-state index contributed by atoms with van der Waals surface area (Å²) in [5.74, 6) is 2.28. The summed E-state index contributed by atoms with van der Waals surface area (Å²) >= 11 is 0. The number of hydrogen-bond acceptors (Lipinski definition) is 7. The van der Waals surface area contributed by atoms with Gasteiger partial charge in [0.15, 0.2) is 17.6 Å². The molecule has 0 aliphatic carbocycles. The summed E-state index contributed by atoms with van der Waals surface area (Å²) in [6, 6.07) is 48.3. The van der Waals surface area contributed by atoms with Gasteiger partial charge in [0, 0.05) is 12.1 Å². The maximum atomic E-state index is 11.6. The monoisotopic (exact) mass is 666 g/mol. The van der Waals surface area contributed by atoms with E-state index in [1.165, 1.54) is 0 Å². The van der Waals surface area contributed by atoms with Crippen LogP contribution in [0.15, 0.2) is 152 Å². The highest BCUT2D eigenvalue weighted by atomic mass is 16.5. The van der Waals surface area contributed by atoms with Crippen LogP contribution < -0.4 is 23.7 Å². The normalized spacial score (nSPS) is 16.5. The van der Waals surface area contributed by atoms with Crippen molar-refractivity contribution in [2.24, 2.45) is 0 Å². The largest absolute Gasteiger partial charge is 0.489 e. The van der Waals surface area contributed by atoms with Crippen molar-refractivity contribution < 1.29 is 33.9 Å². The van der Waals surface area contributed by atoms with E-state index in [1.54, 1.807) is 18.2 Å². The van der Waals surface area contributed by atoms with Crippen molar-refractivity contribution in [3.05, 3.63) is 185 Å². The van der Waals surface area contributed by atoms with Gasteiger partial charge < -0.3 is 33.9 Å². The van der Waals surface area contributed by atoms with E-state index in [4.69, 9.17) is 23.7 Å². The zero-order valence-electron chi connectivity index (χ0n) is 27.4. The summed E-state index contributed by atoms with van der Waals surface area (Å²) in [7, 11) is 0. The standard InChI is InChI=1S/C43H38O7/c44-41-40-38(49-29-33-19-11-4-12-20-33)24-35(46-26-30-13-5-1-6-14-30)25-39(40)50-43(42(41)45)34-21-22-36(47-27-31-15-7-2-8-16-31)37(23-34)48-28-32-17-9-3-10-18-32/h1-25,41-45H,26-29H2. The van der Waals surface area contributed by atoms with Gasteiger partial charge in [-0.1, -0.05) is 127 Å². The molecule has 7 heteroatoms. The third-order valence-electron chi connectivity index (χ3n) is 8.52. The van der Waals surface area contributed by atoms with Gasteiger partial charge in [-0.2, -0.15) is 0 Å². The highest BCUT2D eigenvalue weighted by Crippen LogP contribution is 2.48. The molecule has 0 radical (unpaired) electrons. The van der Waals surface area contributed by atoms with Crippen LogP contribution >= 0.6 is 0 Å². The highest BCUT2D eigenvalue weighted by molar-refractivity contribution is 5.55. The Morgan fingerprint density at radius 2 is 0.920 bits per heavy atom. The summed E-state index contributed by atoms with van der Waals surface area (Å²) in [4.78, 5) is 0. The van der Waals surface area contributed by atoms with Crippen LogP contribution in [-0.4, -0.2) is 16.3 Å². The van der Waals surface area contributed by atoms with Crippen LogP contribution in [-0.2, 0) is 26.4 Å². The van der Waals surface area contributed by atoms with Gasteiger partial charge in [-0.05, 0) is 39.9 Å². The molecule has 1 aliphatic heterocycles. The molecule has 252 valence electrons. The number of aliphatic hydroxyl groups excluding tert-OH is 2. The number of ether oxygens (including phenoxy) is 5. The Balaban J connectivity index is 1.19. The lowest BCUT2D eigenvalue weighted by atomic mass is 9.91. The molecule has 1 aliphatic rings. The Hall–Kier alpha value is -5.76. The van der Waals surface area contributed by atoms with Crippen LogP contribution in [0.4, 0.5) is 0 Å². The molecule has 0 saturated heterocycles. The first-order valence-electron chi connectivity index (χ1n) is 16.6. The van der Waals surface area contributed by atoms with Crippen LogP contribution in [0.25, 0.3) is 0 Å². The van der Waals surface area contributed by atoms with E-state index in [0.29, 0.717) is 59.7 Å². The number of aliphatic hydroxyl groups is 2. The molecule has 0 spiro atoms. The Morgan fingerprint density at radius 3 is 1.44 bits per heavy atom. The van der Waals surface area contributed by atoms with Gasteiger partial charge in [0.2, 0.25) is 0 Å². The van der Waals surface area contributed by atoms with Crippen molar-refractivity contribution in [3.63, 3.8) is 0 Å². The molecule has 3 atom stereocenters. The molecule has 50 heavy (non-hydrogen) atoms.